The highest BCUT2D eigenvalue weighted by molar-refractivity contribution is 7.84. The molecule has 0 aromatic heterocycles. The maximum Gasteiger partial charge on any atom is 0.319 e. The fraction of sp³-hybridized carbons (Fsp3) is 0.818. The molecule has 0 aromatic rings. The summed E-state index contributed by atoms with van der Waals surface area (Å²) in [6.07, 6.45) is 3.85. The molecule has 98 valence electrons. The van der Waals surface area contributed by atoms with Crippen LogP contribution >= 0.6 is 0 Å². The van der Waals surface area contributed by atoms with Gasteiger partial charge in [0, 0.05) is 28.9 Å². The first-order valence-corrected chi connectivity index (χ1v) is 7.36. The highest BCUT2D eigenvalue weighted by atomic mass is 32.2. The third kappa shape index (κ3) is 3.06. The molecule has 0 heterocycles. The molecular formula is C11H19NO4S. The average molecular weight is 261 g/mol. The number of rotatable bonds is 6. The monoisotopic (exact) mass is 261 g/mol. The van der Waals surface area contributed by atoms with Gasteiger partial charge >= 0.3 is 5.97 Å². The van der Waals surface area contributed by atoms with Crippen molar-refractivity contribution in [3.63, 3.8) is 0 Å². The van der Waals surface area contributed by atoms with Crippen LogP contribution in [0.4, 0.5) is 0 Å². The quantitative estimate of drug-likeness (QED) is 0.683. The number of carboxylic acid groups (broad SMARTS) is 1. The number of hydrogen-bond acceptors (Lipinski definition) is 3. The molecular weight excluding hydrogens is 242 g/mol. The van der Waals surface area contributed by atoms with Gasteiger partial charge in [-0.25, -0.2) is 0 Å². The zero-order valence-corrected chi connectivity index (χ0v) is 11.0. The number of nitrogens with one attached hydrogen (secondary N) is 1. The second-order valence-electron chi connectivity index (χ2n) is 4.59. The lowest BCUT2D eigenvalue weighted by atomic mass is 9.68. The molecule has 1 saturated carbocycles. The van der Waals surface area contributed by atoms with Crippen LogP contribution in [0.2, 0.25) is 0 Å². The molecule has 0 spiro atoms. The molecule has 0 bridgehead atoms. The van der Waals surface area contributed by atoms with Crippen molar-refractivity contribution in [1.82, 2.24) is 5.32 Å². The Morgan fingerprint density at radius 2 is 2.06 bits per heavy atom. The largest absolute Gasteiger partial charge is 0.480 e. The summed E-state index contributed by atoms with van der Waals surface area (Å²) in [5.41, 5.74) is -1.20. The Labute approximate surface area is 103 Å². The Kier molecular flexibility index (Phi) is 4.68. The highest BCUT2D eigenvalue weighted by Crippen LogP contribution is 2.41. The number of carboxylic acids is 1. The van der Waals surface area contributed by atoms with E-state index in [9.17, 15) is 13.8 Å². The molecule has 17 heavy (non-hydrogen) atoms. The molecule has 1 aliphatic rings. The summed E-state index contributed by atoms with van der Waals surface area (Å²) < 4.78 is 11.1. The smallest absolute Gasteiger partial charge is 0.319 e. The Morgan fingerprint density at radius 3 is 2.41 bits per heavy atom. The number of aliphatic carboxylic acids is 1. The van der Waals surface area contributed by atoms with Crippen molar-refractivity contribution in [2.24, 2.45) is 5.41 Å². The molecule has 1 rings (SSSR count). The van der Waals surface area contributed by atoms with Crippen molar-refractivity contribution >= 4 is 22.7 Å². The van der Waals surface area contributed by atoms with Gasteiger partial charge in [-0.3, -0.25) is 13.8 Å². The van der Waals surface area contributed by atoms with E-state index in [1.165, 1.54) is 0 Å². The SMILES string of the molecule is CC(CCNC(=O)C1(C(=O)O)CCC1)S(C)=O. The first kappa shape index (κ1) is 14.2. The van der Waals surface area contributed by atoms with Gasteiger partial charge in [-0.1, -0.05) is 13.3 Å². The van der Waals surface area contributed by atoms with Gasteiger partial charge in [0.2, 0.25) is 5.91 Å². The van der Waals surface area contributed by atoms with Crippen LogP contribution in [0.1, 0.15) is 32.6 Å². The highest BCUT2D eigenvalue weighted by Gasteiger charge is 2.50. The van der Waals surface area contributed by atoms with Gasteiger partial charge in [-0.05, 0) is 19.3 Å². The van der Waals surface area contributed by atoms with E-state index in [1.807, 2.05) is 6.92 Å². The maximum atomic E-state index is 11.8. The van der Waals surface area contributed by atoms with E-state index in [4.69, 9.17) is 5.11 Å². The van der Waals surface area contributed by atoms with Crippen LogP contribution in [-0.2, 0) is 20.4 Å². The minimum atomic E-state index is -1.20. The topological polar surface area (TPSA) is 83.5 Å². The molecule has 1 amide bonds. The minimum Gasteiger partial charge on any atom is -0.480 e. The normalized spacial score (nSPS) is 21.1. The van der Waals surface area contributed by atoms with E-state index in [0.29, 0.717) is 25.8 Å². The Hall–Kier alpha value is -0.910. The van der Waals surface area contributed by atoms with Crippen LogP contribution < -0.4 is 5.32 Å². The predicted octanol–water partition coefficient (Wildman–Crippen LogP) is 0.515. The Balaban J connectivity index is 2.39. The lowest BCUT2D eigenvalue weighted by Crippen LogP contribution is -2.51. The Bertz CT molecular complexity index is 338. The maximum absolute atomic E-state index is 11.8. The third-order valence-electron chi connectivity index (χ3n) is 3.45. The van der Waals surface area contributed by atoms with Crippen LogP contribution in [-0.4, -0.2) is 39.2 Å². The van der Waals surface area contributed by atoms with Crippen LogP contribution in [0, 0.1) is 5.41 Å². The number of amides is 1. The zero-order valence-electron chi connectivity index (χ0n) is 10.2. The van der Waals surface area contributed by atoms with Gasteiger partial charge in [0.25, 0.3) is 0 Å². The number of carbonyl (C=O) groups excluding carboxylic acids is 1. The summed E-state index contributed by atoms with van der Waals surface area (Å²) in [6, 6.07) is 0. The van der Waals surface area contributed by atoms with Crippen molar-refractivity contribution in [3.8, 4) is 0 Å². The van der Waals surface area contributed by atoms with Gasteiger partial charge in [-0.15, -0.1) is 0 Å². The standard InChI is InChI=1S/C11H19NO4S/c1-8(17(2)16)4-7-12-9(13)11(10(14)15)5-3-6-11/h8H,3-7H2,1-2H3,(H,12,13)(H,14,15). The molecule has 6 heteroatoms. The molecule has 5 nitrogen and oxygen atoms in total. The molecule has 0 saturated heterocycles. The predicted molar refractivity (Wildman–Crippen MR) is 65.1 cm³/mol. The number of hydrogen-bond donors (Lipinski definition) is 2. The summed E-state index contributed by atoms with van der Waals surface area (Å²) in [5, 5.41) is 11.7. The molecule has 0 radical (unpaired) electrons. The molecule has 0 aliphatic heterocycles. The molecule has 1 aliphatic carbocycles. The van der Waals surface area contributed by atoms with Gasteiger partial charge < -0.3 is 10.4 Å². The van der Waals surface area contributed by atoms with E-state index in [1.54, 1.807) is 6.26 Å². The van der Waals surface area contributed by atoms with E-state index >= 15 is 0 Å². The van der Waals surface area contributed by atoms with Crippen molar-refractivity contribution in [2.45, 2.75) is 37.9 Å². The van der Waals surface area contributed by atoms with Crippen LogP contribution in [0.3, 0.4) is 0 Å². The fourth-order valence-electron chi connectivity index (χ4n) is 1.79. The zero-order chi connectivity index (χ0) is 13.1. The summed E-state index contributed by atoms with van der Waals surface area (Å²) >= 11 is 0. The third-order valence-corrected chi connectivity index (χ3v) is 4.82. The minimum absolute atomic E-state index is 0.0115. The molecule has 2 atom stereocenters. The first-order chi connectivity index (χ1) is 7.90. The summed E-state index contributed by atoms with van der Waals surface area (Å²) in [5.74, 6) is -1.43. The van der Waals surface area contributed by atoms with E-state index < -0.39 is 28.1 Å². The summed E-state index contributed by atoms with van der Waals surface area (Å²) in [7, 11) is -0.910. The summed E-state index contributed by atoms with van der Waals surface area (Å²) in [4.78, 5) is 22.8. The van der Waals surface area contributed by atoms with Crippen LogP contribution in [0.5, 0.6) is 0 Å². The van der Waals surface area contributed by atoms with Crippen LogP contribution in [0.15, 0.2) is 0 Å². The van der Waals surface area contributed by atoms with Crippen molar-refractivity contribution < 1.29 is 18.9 Å². The van der Waals surface area contributed by atoms with Gasteiger partial charge in [0.15, 0.2) is 0 Å². The van der Waals surface area contributed by atoms with E-state index in [0.717, 1.165) is 6.42 Å². The average Bonchev–Trinajstić information content (AvgIpc) is 2.14. The van der Waals surface area contributed by atoms with Gasteiger partial charge in [-0.2, -0.15) is 0 Å². The van der Waals surface area contributed by atoms with Gasteiger partial charge in [0.05, 0.1) is 0 Å². The molecule has 2 N–H and O–H groups in total. The van der Waals surface area contributed by atoms with E-state index in [-0.39, 0.29) is 5.25 Å². The molecule has 2 unspecified atom stereocenters. The first-order valence-electron chi connectivity index (χ1n) is 5.74. The lowest BCUT2D eigenvalue weighted by Gasteiger charge is -2.35. The van der Waals surface area contributed by atoms with Crippen molar-refractivity contribution in [2.75, 3.05) is 12.8 Å². The fourth-order valence-corrected chi connectivity index (χ4v) is 2.24. The van der Waals surface area contributed by atoms with E-state index in [2.05, 4.69) is 5.32 Å². The second kappa shape index (κ2) is 5.62. The number of carbonyl (C=O) groups is 2. The van der Waals surface area contributed by atoms with Gasteiger partial charge in [0.1, 0.15) is 5.41 Å². The van der Waals surface area contributed by atoms with Crippen molar-refractivity contribution in [3.05, 3.63) is 0 Å². The van der Waals surface area contributed by atoms with Crippen molar-refractivity contribution in [1.29, 1.82) is 0 Å². The second-order valence-corrected chi connectivity index (χ2v) is 6.40. The summed E-state index contributed by atoms with van der Waals surface area (Å²) in [6.45, 7) is 2.23. The lowest BCUT2D eigenvalue weighted by molar-refractivity contribution is -0.162. The Morgan fingerprint density at radius 1 is 1.47 bits per heavy atom. The molecule has 1 fully saturated rings. The molecule has 0 aromatic carbocycles. The van der Waals surface area contributed by atoms with Crippen LogP contribution in [0.25, 0.3) is 0 Å².